The second-order valence-corrected chi connectivity index (χ2v) is 4.22. The summed E-state index contributed by atoms with van der Waals surface area (Å²) >= 11 is 0. The zero-order valence-corrected chi connectivity index (χ0v) is 10.6. The van der Waals surface area contributed by atoms with Crippen LogP contribution in [0.2, 0.25) is 0 Å². The van der Waals surface area contributed by atoms with Crippen molar-refractivity contribution in [2.45, 2.75) is 39.2 Å². The fraction of sp³-hybridized carbons (Fsp3) is 0.462. The first-order valence-corrected chi connectivity index (χ1v) is 6.04. The van der Waals surface area contributed by atoms with E-state index in [0.717, 1.165) is 25.3 Å². The lowest BCUT2D eigenvalue weighted by atomic mass is 10.1. The Morgan fingerprint density at radius 3 is 2.56 bits per heavy atom. The van der Waals surface area contributed by atoms with Gasteiger partial charge in [-0.3, -0.25) is 4.79 Å². The SMILES string of the molecule is CCCC(CC)NC(=O)c1cc(N)c(F)cc1F. The summed E-state index contributed by atoms with van der Waals surface area (Å²) in [6, 6.07) is 1.65. The van der Waals surface area contributed by atoms with E-state index >= 15 is 0 Å². The summed E-state index contributed by atoms with van der Waals surface area (Å²) in [7, 11) is 0. The Labute approximate surface area is 105 Å². The summed E-state index contributed by atoms with van der Waals surface area (Å²) in [5, 5.41) is 2.71. The van der Waals surface area contributed by atoms with Gasteiger partial charge in [0, 0.05) is 12.1 Å². The van der Waals surface area contributed by atoms with E-state index in [2.05, 4.69) is 5.32 Å². The quantitative estimate of drug-likeness (QED) is 0.796. The molecular formula is C13H18F2N2O. The van der Waals surface area contributed by atoms with Gasteiger partial charge < -0.3 is 11.1 Å². The third kappa shape index (κ3) is 3.42. The van der Waals surface area contributed by atoms with Crippen LogP contribution in [-0.2, 0) is 0 Å². The Morgan fingerprint density at radius 1 is 1.33 bits per heavy atom. The van der Waals surface area contributed by atoms with Gasteiger partial charge in [0.05, 0.1) is 11.3 Å². The van der Waals surface area contributed by atoms with E-state index in [0.29, 0.717) is 6.07 Å². The molecule has 0 aromatic heterocycles. The average molecular weight is 256 g/mol. The minimum Gasteiger partial charge on any atom is -0.396 e. The van der Waals surface area contributed by atoms with E-state index in [4.69, 9.17) is 5.73 Å². The van der Waals surface area contributed by atoms with Crippen LogP contribution >= 0.6 is 0 Å². The van der Waals surface area contributed by atoms with Gasteiger partial charge in [0.15, 0.2) is 0 Å². The molecule has 100 valence electrons. The number of nitrogens with two attached hydrogens (primary N) is 1. The van der Waals surface area contributed by atoms with Crippen molar-refractivity contribution in [3.63, 3.8) is 0 Å². The molecule has 0 aliphatic carbocycles. The highest BCUT2D eigenvalue weighted by atomic mass is 19.1. The maximum Gasteiger partial charge on any atom is 0.254 e. The molecule has 1 rings (SSSR count). The molecule has 3 nitrogen and oxygen atoms in total. The van der Waals surface area contributed by atoms with Crippen LogP contribution in [0.4, 0.5) is 14.5 Å². The molecule has 0 saturated carbocycles. The largest absolute Gasteiger partial charge is 0.396 e. The molecule has 0 bridgehead atoms. The molecule has 0 radical (unpaired) electrons. The number of rotatable bonds is 5. The maximum atomic E-state index is 13.5. The lowest BCUT2D eigenvalue weighted by Gasteiger charge is -2.16. The molecule has 0 spiro atoms. The monoisotopic (exact) mass is 256 g/mol. The number of amides is 1. The van der Waals surface area contributed by atoms with E-state index in [-0.39, 0.29) is 17.3 Å². The first-order valence-electron chi connectivity index (χ1n) is 6.04. The maximum absolute atomic E-state index is 13.5. The lowest BCUT2D eigenvalue weighted by Crippen LogP contribution is -2.34. The van der Waals surface area contributed by atoms with Gasteiger partial charge in [0.25, 0.3) is 5.91 Å². The topological polar surface area (TPSA) is 55.1 Å². The highest BCUT2D eigenvalue weighted by Crippen LogP contribution is 2.17. The van der Waals surface area contributed by atoms with Crippen molar-refractivity contribution in [3.8, 4) is 0 Å². The molecule has 0 saturated heterocycles. The molecule has 0 heterocycles. The van der Waals surface area contributed by atoms with Gasteiger partial charge in [0.1, 0.15) is 11.6 Å². The Hall–Kier alpha value is -1.65. The second-order valence-electron chi connectivity index (χ2n) is 4.22. The van der Waals surface area contributed by atoms with Crippen molar-refractivity contribution < 1.29 is 13.6 Å². The second kappa shape index (κ2) is 6.33. The number of nitrogen functional groups attached to an aromatic ring is 1. The summed E-state index contributed by atoms with van der Waals surface area (Å²) in [4.78, 5) is 11.8. The van der Waals surface area contributed by atoms with Crippen LogP contribution < -0.4 is 11.1 Å². The van der Waals surface area contributed by atoms with Crippen LogP contribution in [0.5, 0.6) is 0 Å². The Balaban J connectivity index is 2.87. The number of carbonyl (C=O) groups excluding carboxylic acids is 1. The Kier molecular flexibility index (Phi) is 5.07. The van der Waals surface area contributed by atoms with E-state index in [9.17, 15) is 13.6 Å². The molecule has 0 fully saturated rings. The summed E-state index contributed by atoms with van der Waals surface area (Å²) in [6.45, 7) is 3.95. The Bertz CT molecular complexity index is 435. The van der Waals surface area contributed by atoms with E-state index in [1.807, 2.05) is 13.8 Å². The van der Waals surface area contributed by atoms with Crippen LogP contribution in [0.3, 0.4) is 0 Å². The van der Waals surface area contributed by atoms with Crippen LogP contribution in [0.15, 0.2) is 12.1 Å². The lowest BCUT2D eigenvalue weighted by molar-refractivity contribution is 0.0929. The molecule has 1 aromatic rings. The smallest absolute Gasteiger partial charge is 0.254 e. The predicted molar refractivity (Wildman–Crippen MR) is 67.2 cm³/mol. The summed E-state index contributed by atoms with van der Waals surface area (Å²) < 4.78 is 26.4. The highest BCUT2D eigenvalue weighted by molar-refractivity contribution is 5.95. The molecule has 1 unspecified atom stereocenters. The van der Waals surface area contributed by atoms with Crippen molar-refractivity contribution >= 4 is 11.6 Å². The number of nitrogens with one attached hydrogen (secondary N) is 1. The number of hydrogen-bond donors (Lipinski definition) is 2. The summed E-state index contributed by atoms with van der Waals surface area (Å²) in [6.07, 6.45) is 2.51. The number of carbonyl (C=O) groups is 1. The van der Waals surface area contributed by atoms with E-state index in [1.165, 1.54) is 0 Å². The fourth-order valence-electron chi connectivity index (χ4n) is 1.73. The first-order chi connectivity index (χ1) is 8.49. The molecule has 18 heavy (non-hydrogen) atoms. The van der Waals surface area contributed by atoms with Crippen molar-refractivity contribution in [3.05, 3.63) is 29.3 Å². The summed E-state index contributed by atoms with van der Waals surface area (Å²) in [5.74, 6) is -2.31. The van der Waals surface area contributed by atoms with E-state index in [1.54, 1.807) is 0 Å². The third-order valence-electron chi connectivity index (χ3n) is 2.80. The van der Waals surface area contributed by atoms with Crippen LogP contribution in [0.25, 0.3) is 0 Å². The zero-order chi connectivity index (χ0) is 13.7. The first kappa shape index (κ1) is 14.4. The molecule has 0 aliphatic rings. The number of benzene rings is 1. The Morgan fingerprint density at radius 2 is 2.00 bits per heavy atom. The van der Waals surface area contributed by atoms with Gasteiger partial charge in [-0.2, -0.15) is 0 Å². The van der Waals surface area contributed by atoms with Crippen molar-refractivity contribution in [2.24, 2.45) is 0 Å². The number of hydrogen-bond acceptors (Lipinski definition) is 2. The molecular weight excluding hydrogens is 238 g/mol. The van der Waals surface area contributed by atoms with Gasteiger partial charge in [-0.05, 0) is 18.9 Å². The van der Waals surface area contributed by atoms with Gasteiger partial charge in [-0.1, -0.05) is 20.3 Å². The molecule has 1 aromatic carbocycles. The molecule has 1 amide bonds. The molecule has 0 aliphatic heterocycles. The van der Waals surface area contributed by atoms with Crippen molar-refractivity contribution in [1.29, 1.82) is 0 Å². The van der Waals surface area contributed by atoms with Gasteiger partial charge >= 0.3 is 0 Å². The van der Waals surface area contributed by atoms with Crippen molar-refractivity contribution in [2.75, 3.05) is 5.73 Å². The zero-order valence-electron chi connectivity index (χ0n) is 10.6. The minimum absolute atomic E-state index is 0.00632. The van der Waals surface area contributed by atoms with Crippen LogP contribution in [0.1, 0.15) is 43.5 Å². The third-order valence-corrected chi connectivity index (χ3v) is 2.80. The summed E-state index contributed by atoms with van der Waals surface area (Å²) in [5.41, 5.74) is 4.88. The predicted octanol–water partition coefficient (Wildman–Crippen LogP) is 2.86. The highest BCUT2D eigenvalue weighted by Gasteiger charge is 2.17. The fourth-order valence-corrected chi connectivity index (χ4v) is 1.73. The average Bonchev–Trinajstić information content (AvgIpc) is 2.33. The number of anilines is 1. The standard InChI is InChI=1S/C13H18F2N2O/c1-3-5-8(4-2)17-13(18)9-6-12(16)11(15)7-10(9)14/h6-8H,3-5,16H2,1-2H3,(H,17,18). The molecule has 5 heteroatoms. The molecule has 1 atom stereocenters. The minimum atomic E-state index is -0.898. The van der Waals surface area contributed by atoms with Crippen LogP contribution in [-0.4, -0.2) is 11.9 Å². The van der Waals surface area contributed by atoms with Gasteiger partial charge in [0.2, 0.25) is 0 Å². The molecule has 3 N–H and O–H groups in total. The van der Waals surface area contributed by atoms with Gasteiger partial charge in [-0.15, -0.1) is 0 Å². The number of halogens is 2. The van der Waals surface area contributed by atoms with Crippen molar-refractivity contribution in [1.82, 2.24) is 5.32 Å². The van der Waals surface area contributed by atoms with Gasteiger partial charge in [-0.25, -0.2) is 8.78 Å². The normalized spacial score (nSPS) is 12.2. The van der Waals surface area contributed by atoms with E-state index < -0.39 is 17.5 Å². The van der Waals surface area contributed by atoms with Crippen LogP contribution in [0, 0.1) is 11.6 Å².